The first kappa shape index (κ1) is 15.1. The summed E-state index contributed by atoms with van der Waals surface area (Å²) in [5.41, 5.74) is -0.744. The molecular formula is C13H21Cl2NO. The van der Waals surface area contributed by atoms with Gasteiger partial charge >= 0.3 is 0 Å². The molecule has 1 saturated carbocycles. The minimum Gasteiger partial charge on any atom is -0.378 e. The SMILES string of the molecule is OC1(C#CCN(CCCl)CCCl)CCCCC1. The lowest BCUT2D eigenvalue weighted by Gasteiger charge is -2.26. The van der Waals surface area contributed by atoms with Crippen molar-refractivity contribution >= 4 is 23.2 Å². The number of alkyl halides is 2. The Kier molecular flexibility index (Phi) is 7.30. The molecule has 0 aromatic heterocycles. The highest BCUT2D eigenvalue weighted by atomic mass is 35.5. The molecule has 1 N–H and O–H groups in total. The van der Waals surface area contributed by atoms with E-state index < -0.39 is 5.60 Å². The molecule has 1 rings (SSSR count). The van der Waals surface area contributed by atoms with E-state index in [0.717, 1.165) is 38.8 Å². The molecular weight excluding hydrogens is 257 g/mol. The predicted molar refractivity (Wildman–Crippen MR) is 73.7 cm³/mol. The van der Waals surface area contributed by atoms with Gasteiger partial charge in [0.05, 0.1) is 6.54 Å². The largest absolute Gasteiger partial charge is 0.378 e. The minimum atomic E-state index is -0.744. The molecule has 1 fully saturated rings. The number of rotatable bonds is 5. The van der Waals surface area contributed by atoms with Crippen LogP contribution in [0.1, 0.15) is 32.1 Å². The van der Waals surface area contributed by atoms with E-state index in [4.69, 9.17) is 23.2 Å². The quantitative estimate of drug-likeness (QED) is 0.617. The van der Waals surface area contributed by atoms with Crippen LogP contribution in [0.3, 0.4) is 0 Å². The van der Waals surface area contributed by atoms with Gasteiger partial charge in [-0.05, 0) is 25.7 Å². The Morgan fingerprint density at radius 3 is 2.18 bits per heavy atom. The molecule has 0 aromatic rings. The molecule has 1 aliphatic carbocycles. The maximum Gasteiger partial charge on any atom is 0.125 e. The monoisotopic (exact) mass is 277 g/mol. The molecule has 0 unspecified atom stereocenters. The van der Waals surface area contributed by atoms with Gasteiger partial charge in [0.25, 0.3) is 0 Å². The molecule has 4 heteroatoms. The zero-order chi connectivity index (χ0) is 12.6. The second-order valence-electron chi connectivity index (χ2n) is 4.55. The zero-order valence-corrected chi connectivity index (χ0v) is 11.7. The Hall–Kier alpha value is 0.0600. The van der Waals surface area contributed by atoms with Crippen molar-refractivity contribution in [3.05, 3.63) is 0 Å². The summed E-state index contributed by atoms with van der Waals surface area (Å²) in [5, 5.41) is 10.2. The summed E-state index contributed by atoms with van der Waals surface area (Å²) in [6.07, 6.45) is 5.00. The maximum absolute atomic E-state index is 10.2. The van der Waals surface area contributed by atoms with Gasteiger partial charge in [-0.15, -0.1) is 23.2 Å². The molecule has 1 aliphatic rings. The van der Waals surface area contributed by atoms with Crippen LogP contribution in [0.5, 0.6) is 0 Å². The fourth-order valence-electron chi connectivity index (χ4n) is 2.09. The molecule has 2 nitrogen and oxygen atoms in total. The van der Waals surface area contributed by atoms with Crippen molar-refractivity contribution in [3.8, 4) is 11.8 Å². The van der Waals surface area contributed by atoms with E-state index >= 15 is 0 Å². The summed E-state index contributed by atoms with van der Waals surface area (Å²) in [7, 11) is 0. The predicted octanol–water partition coefficient (Wildman–Crippen LogP) is 2.46. The van der Waals surface area contributed by atoms with Crippen LogP contribution < -0.4 is 0 Å². The summed E-state index contributed by atoms with van der Waals surface area (Å²) in [6, 6.07) is 0. The van der Waals surface area contributed by atoms with Gasteiger partial charge in [0, 0.05) is 24.8 Å². The summed E-state index contributed by atoms with van der Waals surface area (Å²) in [6.45, 7) is 2.23. The Labute approximate surface area is 114 Å². The average Bonchev–Trinajstić information content (AvgIpc) is 2.30. The van der Waals surface area contributed by atoms with Gasteiger partial charge in [-0.25, -0.2) is 0 Å². The van der Waals surface area contributed by atoms with Crippen LogP contribution in [0.25, 0.3) is 0 Å². The highest BCUT2D eigenvalue weighted by Crippen LogP contribution is 2.26. The third kappa shape index (κ3) is 5.97. The lowest BCUT2D eigenvalue weighted by Crippen LogP contribution is -2.31. The minimum absolute atomic E-state index is 0.586. The van der Waals surface area contributed by atoms with Crippen LogP contribution in [0, 0.1) is 11.8 Å². The maximum atomic E-state index is 10.2. The van der Waals surface area contributed by atoms with Crippen LogP contribution in [0.2, 0.25) is 0 Å². The second kappa shape index (κ2) is 8.21. The molecule has 0 atom stereocenters. The van der Waals surface area contributed by atoms with Crippen molar-refractivity contribution in [1.29, 1.82) is 0 Å². The molecule has 0 bridgehead atoms. The Morgan fingerprint density at radius 2 is 1.65 bits per heavy atom. The number of halogens is 2. The summed E-state index contributed by atoms with van der Waals surface area (Å²) in [5.74, 6) is 7.27. The number of hydrogen-bond acceptors (Lipinski definition) is 2. The van der Waals surface area contributed by atoms with Gasteiger partial charge in [0.15, 0.2) is 0 Å². The fourth-order valence-corrected chi connectivity index (χ4v) is 2.56. The third-order valence-corrected chi connectivity index (χ3v) is 3.44. The molecule has 98 valence electrons. The van der Waals surface area contributed by atoms with Crippen molar-refractivity contribution in [1.82, 2.24) is 4.90 Å². The third-order valence-electron chi connectivity index (χ3n) is 3.11. The van der Waals surface area contributed by atoms with Gasteiger partial charge in [-0.2, -0.15) is 0 Å². The highest BCUT2D eigenvalue weighted by molar-refractivity contribution is 6.18. The first-order valence-electron chi connectivity index (χ1n) is 6.27. The first-order chi connectivity index (χ1) is 8.20. The van der Waals surface area contributed by atoms with Crippen molar-refractivity contribution in [2.45, 2.75) is 37.7 Å². The fraction of sp³-hybridized carbons (Fsp3) is 0.846. The number of hydrogen-bond donors (Lipinski definition) is 1. The van der Waals surface area contributed by atoms with Gasteiger partial charge in [0.2, 0.25) is 0 Å². The Bertz CT molecular complexity index is 260. The number of nitrogens with zero attached hydrogens (tertiary/aromatic N) is 1. The molecule has 0 aromatic carbocycles. The summed E-state index contributed by atoms with van der Waals surface area (Å²) in [4.78, 5) is 2.11. The molecule has 0 amide bonds. The van der Waals surface area contributed by atoms with E-state index in [9.17, 15) is 5.11 Å². The van der Waals surface area contributed by atoms with Crippen LogP contribution in [0.15, 0.2) is 0 Å². The lowest BCUT2D eigenvalue weighted by molar-refractivity contribution is 0.0608. The molecule has 17 heavy (non-hydrogen) atoms. The summed E-state index contributed by atoms with van der Waals surface area (Å²) >= 11 is 11.4. The molecule has 0 aliphatic heterocycles. The Morgan fingerprint density at radius 1 is 1.06 bits per heavy atom. The van der Waals surface area contributed by atoms with E-state index in [0.29, 0.717) is 18.3 Å². The highest BCUT2D eigenvalue weighted by Gasteiger charge is 2.26. The average molecular weight is 278 g/mol. The van der Waals surface area contributed by atoms with Crippen molar-refractivity contribution in [3.63, 3.8) is 0 Å². The zero-order valence-electron chi connectivity index (χ0n) is 10.2. The summed E-state index contributed by atoms with van der Waals surface area (Å²) < 4.78 is 0. The van der Waals surface area contributed by atoms with Crippen molar-refractivity contribution < 1.29 is 5.11 Å². The van der Waals surface area contributed by atoms with E-state index in [1.807, 2.05) is 0 Å². The van der Waals surface area contributed by atoms with Gasteiger partial charge in [-0.3, -0.25) is 4.90 Å². The van der Waals surface area contributed by atoms with E-state index in [-0.39, 0.29) is 0 Å². The van der Waals surface area contributed by atoms with Crippen LogP contribution >= 0.6 is 23.2 Å². The van der Waals surface area contributed by atoms with Gasteiger partial charge < -0.3 is 5.11 Å². The standard InChI is InChI=1S/C13H21Cl2NO/c14-8-11-16(12-9-15)10-4-7-13(17)5-2-1-3-6-13/h17H,1-3,5-6,8-12H2. The molecule has 0 radical (unpaired) electrons. The van der Waals surface area contributed by atoms with Crippen molar-refractivity contribution in [2.24, 2.45) is 0 Å². The van der Waals surface area contributed by atoms with E-state index in [1.165, 1.54) is 6.42 Å². The van der Waals surface area contributed by atoms with E-state index in [1.54, 1.807) is 0 Å². The first-order valence-corrected chi connectivity index (χ1v) is 7.34. The van der Waals surface area contributed by atoms with Gasteiger partial charge in [0.1, 0.15) is 5.60 Å². The molecule has 0 spiro atoms. The van der Waals surface area contributed by atoms with E-state index in [2.05, 4.69) is 16.7 Å². The normalized spacial score (nSPS) is 18.8. The van der Waals surface area contributed by atoms with Crippen molar-refractivity contribution in [2.75, 3.05) is 31.4 Å². The Balaban J connectivity index is 2.41. The smallest absolute Gasteiger partial charge is 0.125 e. The topological polar surface area (TPSA) is 23.5 Å². The molecule has 0 heterocycles. The van der Waals surface area contributed by atoms with Crippen LogP contribution in [-0.2, 0) is 0 Å². The number of aliphatic hydroxyl groups is 1. The van der Waals surface area contributed by atoms with Gasteiger partial charge in [-0.1, -0.05) is 18.3 Å². The van der Waals surface area contributed by atoms with Crippen LogP contribution in [-0.4, -0.2) is 47.0 Å². The lowest BCUT2D eigenvalue weighted by atomic mass is 9.85. The molecule has 0 saturated heterocycles. The van der Waals surface area contributed by atoms with Crippen LogP contribution in [0.4, 0.5) is 0 Å². The second-order valence-corrected chi connectivity index (χ2v) is 5.30.